The van der Waals surface area contributed by atoms with E-state index in [-0.39, 0.29) is 29.9 Å². The van der Waals surface area contributed by atoms with Crippen LogP contribution in [0.3, 0.4) is 0 Å². The average Bonchev–Trinajstić information content (AvgIpc) is 2.84. The maximum absolute atomic E-state index is 12.5. The molecule has 0 atom stereocenters. The van der Waals surface area contributed by atoms with E-state index in [0.717, 1.165) is 4.68 Å². The fourth-order valence-corrected chi connectivity index (χ4v) is 3.02. The van der Waals surface area contributed by atoms with E-state index in [4.69, 9.17) is 4.74 Å². The van der Waals surface area contributed by atoms with Crippen molar-refractivity contribution in [3.8, 4) is 5.75 Å². The van der Waals surface area contributed by atoms with Crippen molar-refractivity contribution in [2.24, 2.45) is 0 Å². The van der Waals surface area contributed by atoms with Crippen molar-refractivity contribution >= 4 is 22.6 Å². The number of carbonyl (C=O) groups excluding carboxylic acids is 2. The Hall–Kier alpha value is -4.80. The number of nitrogens with one attached hydrogen (secondary N) is 3. The Morgan fingerprint density at radius 2 is 1.58 bits per heavy atom. The summed E-state index contributed by atoms with van der Waals surface area (Å²) >= 11 is 0. The van der Waals surface area contributed by atoms with Crippen molar-refractivity contribution in [2.45, 2.75) is 6.54 Å². The third kappa shape index (κ3) is 4.93. The predicted molar refractivity (Wildman–Crippen MR) is 118 cm³/mol. The number of hydrogen-bond acceptors (Lipinski definition) is 7. The van der Waals surface area contributed by atoms with Crippen molar-refractivity contribution in [1.82, 2.24) is 30.8 Å². The summed E-state index contributed by atoms with van der Waals surface area (Å²) in [6.45, 7) is 0.290. The van der Waals surface area contributed by atoms with Gasteiger partial charge in [-0.05, 0) is 24.3 Å². The standard InChI is InChI=1S/C22H18N6O5/c29-18-11-10-17(27-28(18)12-13-33-14-6-2-1-3-7-14)21(31)25-26-22(32)19-15-8-4-5-9-16(15)20(30)24-23-19/h1-11H,12-13H2,(H,24,30)(H,25,31)(H,26,32). The minimum Gasteiger partial charge on any atom is -0.492 e. The lowest BCUT2D eigenvalue weighted by Crippen LogP contribution is -2.43. The molecule has 0 bridgehead atoms. The van der Waals surface area contributed by atoms with Gasteiger partial charge in [0.15, 0.2) is 11.4 Å². The van der Waals surface area contributed by atoms with E-state index in [1.54, 1.807) is 36.4 Å². The highest BCUT2D eigenvalue weighted by Gasteiger charge is 2.16. The van der Waals surface area contributed by atoms with Gasteiger partial charge in [-0.25, -0.2) is 9.78 Å². The first-order valence-electron chi connectivity index (χ1n) is 9.87. The first-order valence-corrected chi connectivity index (χ1v) is 9.87. The lowest BCUT2D eigenvalue weighted by molar-refractivity contribution is 0.0840. The average molecular weight is 446 g/mol. The van der Waals surface area contributed by atoms with Gasteiger partial charge in [-0.1, -0.05) is 36.4 Å². The van der Waals surface area contributed by atoms with E-state index in [0.29, 0.717) is 11.1 Å². The first-order chi connectivity index (χ1) is 16.0. The molecule has 11 heteroatoms. The van der Waals surface area contributed by atoms with Crippen LogP contribution >= 0.6 is 0 Å². The van der Waals surface area contributed by atoms with Crippen LogP contribution in [0, 0.1) is 0 Å². The number of H-pyrrole nitrogens is 1. The molecule has 4 rings (SSSR count). The van der Waals surface area contributed by atoms with Gasteiger partial charge in [-0.3, -0.25) is 30.0 Å². The number of rotatable bonds is 6. The van der Waals surface area contributed by atoms with Gasteiger partial charge < -0.3 is 4.74 Å². The minimum atomic E-state index is -0.741. The molecule has 0 unspecified atom stereocenters. The molecule has 2 aromatic heterocycles. The highest BCUT2D eigenvalue weighted by molar-refractivity contribution is 6.05. The molecule has 3 N–H and O–H groups in total. The Morgan fingerprint density at radius 1 is 0.879 bits per heavy atom. The van der Waals surface area contributed by atoms with E-state index in [1.165, 1.54) is 12.1 Å². The van der Waals surface area contributed by atoms with Crippen molar-refractivity contribution in [2.75, 3.05) is 6.61 Å². The Balaban J connectivity index is 1.41. The molecule has 2 aromatic carbocycles. The number of carbonyl (C=O) groups is 2. The van der Waals surface area contributed by atoms with Crippen molar-refractivity contribution in [1.29, 1.82) is 0 Å². The molecule has 0 aliphatic heterocycles. The van der Waals surface area contributed by atoms with Crippen LogP contribution in [0.25, 0.3) is 10.8 Å². The molecule has 33 heavy (non-hydrogen) atoms. The fraction of sp³-hybridized carbons (Fsp3) is 0.0909. The summed E-state index contributed by atoms with van der Waals surface area (Å²) in [6, 6.07) is 18.0. The number of amides is 2. The molecule has 4 aromatic rings. The Bertz CT molecular complexity index is 1430. The number of hydrogen-bond donors (Lipinski definition) is 3. The largest absolute Gasteiger partial charge is 0.492 e. The summed E-state index contributed by atoms with van der Waals surface area (Å²) in [7, 11) is 0. The fourth-order valence-electron chi connectivity index (χ4n) is 3.02. The van der Waals surface area contributed by atoms with Crippen LogP contribution in [-0.4, -0.2) is 38.4 Å². The number of hydrazine groups is 1. The normalized spacial score (nSPS) is 10.5. The second-order valence-corrected chi connectivity index (χ2v) is 6.80. The SMILES string of the molecule is O=C(NNC(=O)c1n[nH]c(=O)c2ccccc12)c1ccc(=O)n(CCOc2ccccc2)n1. The van der Waals surface area contributed by atoms with E-state index in [1.807, 2.05) is 18.2 Å². The zero-order valence-electron chi connectivity index (χ0n) is 17.1. The lowest BCUT2D eigenvalue weighted by atomic mass is 10.1. The summed E-state index contributed by atoms with van der Waals surface area (Å²) in [5.41, 5.74) is 3.46. The number of aromatic nitrogens is 4. The number of ether oxygens (including phenoxy) is 1. The second-order valence-electron chi connectivity index (χ2n) is 6.80. The molecule has 0 saturated carbocycles. The van der Waals surface area contributed by atoms with Gasteiger partial charge in [-0.2, -0.15) is 10.2 Å². The molecule has 0 spiro atoms. The maximum atomic E-state index is 12.5. The Kier molecular flexibility index (Phi) is 6.21. The van der Waals surface area contributed by atoms with E-state index < -0.39 is 22.9 Å². The smallest absolute Gasteiger partial charge is 0.290 e. The number of fused-ring (bicyclic) bond motifs is 1. The second kappa shape index (κ2) is 9.56. The van der Waals surface area contributed by atoms with Crippen LogP contribution < -0.4 is 26.7 Å². The van der Waals surface area contributed by atoms with Crippen LogP contribution in [0.15, 0.2) is 76.3 Å². The first kappa shape index (κ1) is 21.4. The van der Waals surface area contributed by atoms with Crippen molar-refractivity contribution < 1.29 is 14.3 Å². The van der Waals surface area contributed by atoms with E-state index >= 15 is 0 Å². The minimum absolute atomic E-state index is 0.0681. The van der Waals surface area contributed by atoms with Gasteiger partial charge in [0.05, 0.1) is 11.9 Å². The molecule has 0 radical (unpaired) electrons. The zero-order valence-corrected chi connectivity index (χ0v) is 17.1. The molecule has 0 fully saturated rings. The molecular formula is C22H18N6O5. The lowest BCUT2D eigenvalue weighted by Gasteiger charge is -2.10. The molecule has 11 nitrogen and oxygen atoms in total. The summed E-state index contributed by atoms with van der Waals surface area (Å²) in [4.78, 5) is 48.8. The Morgan fingerprint density at radius 3 is 2.36 bits per heavy atom. The summed E-state index contributed by atoms with van der Waals surface area (Å²) in [5, 5.41) is 10.6. The maximum Gasteiger partial charge on any atom is 0.290 e. The Labute approximate surface area is 186 Å². The van der Waals surface area contributed by atoms with Crippen molar-refractivity contribution in [3.63, 3.8) is 0 Å². The number of aromatic amines is 1. The summed E-state index contributed by atoms with van der Waals surface area (Å²) < 4.78 is 6.64. The van der Waals surface area contributed by atoms with Gasteiger partial charge in [-0.15, -0.1) is 0 Å². The molecular weight excluding hydrogens is 428 g/mol. The highest BCUT2D eigenvalue weighted by atomic mass is 16.5. The van der Waals surface area contributed by atoms with Crippen LogP contribution in [-0.2, 0) is 6.54 Å². The zero-order chi connectivity index (χ0) is 23.2. The van der Waals surface area contributed by atoms with Gasteiger partial charge in [0, 0.05) is 11.5 Å². The molecule has 0 aliphatic rings. The molecule has 2 amide bonds. The number of para-hydroxylation sites is 1. The van der Waals surface area contributed by atoms with E-state index in [2.05, 4.69) is 26.1 Å². The van der Waals surface area contributed by atoms with Crippen LogP contribution in [0.5, 0.6) is 5.75 Å². The van der Waals surface area contributed by atoms with Crippen LogP contribution in [0.4, 0.5) is 0 Å². The van der Waals surface area contributed by atoms with Gasteiger partial charge >= 0.3 is 0 Å². The number of benzene rings is 2. The monoisotopic (exact) mass is 446 g/mol. The van der Waals surface area contributed by atoms with Crippen molar-refractivity contribution in [3.05, 3.63) is 98.8 Å². The predicted octanol–water partition coefficient (Wildman–Crippen LogP) is 0.634. The molecule has 2 heterocycles. The molecule has 0 aliphatic carbocycles. The summed E-state index contributed by atoms with van der Waals surface area (Å²) in [6.07, 6.45) is 0. The molecule has 0 saturated heterocycles. The van der Waals surface area contributed by atoms with Gasteiger partial charge in [0.25, 0.3) is 22.9 Å². The van der Waals surface area contributed by atoms with Gasteiger partial charge in [0.1, 0.15) is 12.4 Å². The van der Waals surface area contributed by atoms with E-state index in [9.17, 15) is 19.2 Å². The summed E-state index contributed by atoms with van der Waals surface area (Å²) in [5.74, 6) is -0.833. The molecule has 166 valence electrons. The number of nitrogens with zero attached hydrogens (tertiary/aromatic N) is 3. The van der Waals surface area contributed by atoms with Crippen LogP contribution in [0.1, 0.15) is 21.0 Å². The highest BCUT2D eigenvalue weighted by Crippen LogP contribution is 2.12. The van der Waals surface area contributed by atoms with Crippen LogP contribution in [0.2, 0.25) is 0 Å². The third-order valence-electron chi connectivity index (χ3n) is 4.61. The van der Waals surface area contributed by atoms with Gasteiger partial charge in [0.2, 0.25) is 0 Å². The quantitative estimate of drug-likeness (QED) is 0.368. The third-order valence-corrected chi connectivity index (χ3v) is 4.61. The topological polar surface area (TPSA) is 148 Å².